The van der Waals surface area contributed by atoms with Crippen LogP contribution in [-0.2, 0) is 6.42 Å². The van der Waals surface area contributed by atoms with Crippen LogP contribution in [0.2, 0.25) is 0 Å². The normalized spacial score (nSPS) is 10.2. The van der Waals surface area contributed by atoms with Gasteiger partial charge in [0, 0.05) is 46.8 Å². The fourth-order valence-electron chi connectivity index (χ4n) is 5.49. The Balaban J connectivity index is 0.000000145. The predicted molar refractivity (Wildman–Crippen MR) is 211 cm³/mol. The van der Waals surface area contributed by atoms with E-state index in [0.29, 0.717) is 5.82 Å². The Hall–Kier alpha value is -6.72. The lowest BCUT2D eigenvalue weighted by Gasteiger charge is -2.07. The van der Waals surface area contributed by atoms with Crippen LogP contribution in [0.4, 0.5) is 5.82 Å². The number of aromatic nitrogens is 4. The second-order valence-corrected chi connectivity index (χ2v) is 11.9. The highest BCUT2D eigenvalue weighted by molar-refractivity contribution is 5.62. The molecule has 5 nitrogen and oxygen atoms in total. The van der Waals surface area contributed by atoms with E-state index >= 15 is 0 Å². The van der Waals surface area contributed by atoms with Crippen molar-refractivity contribution < 1.29 is 0 Å². The van der Waals surface area contributed by atoms with Crippen LogP contribution >= 0.6 is 0 Å². The number of benzene rings is 4. The summed E-state index contributed by atoms with van der Waals surface area (Å²) in [5.74, 6) is 0.557. The molecular formula is C46H39N5. The highest BCUT2D eigenvalue weighted by Gasteiger charge is 2.05. The molecule has 4 heterocycles. The summed E-state index contributed by atoms with van der Waals surface area (Å²) in [6, 6.07) is 61.0. The molecule has 8 rings (SSSR count). The smallest absolute Gasteiger partial charge is 0.124 e. The molecule has 248 valence electrons. The van der Waals surface area contributed by atoms with Gasteiger partial charge in [0.25, 0.3) is 0 Å². The van der Waals surface area contributed by atoms with Crippen LogP contribution in [-0.4, -0.2) is 19.9 Å². The Bertz CT molecular complexity index is 2080. The Kier molecular flexibility index (Phi) is 11.8. The number of anilines is 1. The number of aryl methyl sites for hydroxylation is 1. The van der Waals surface area contributed by atoms with E-state index in [0.717, 1.165) is 51.6 Å². The summed E-state index contributed by atoms with van der Waals surface area (Å²) in [5.41, 5.74) is 17.7. The van der Waals surface area contributed by atoms with Crippen molar-refractivity contribution in [3.8, 4) is 45.0 Å². The minimum atomic E-state index is 0.557. The maximum absolute atomic E-state index is 5.58. The van der Waals surface area contributed by atoms with Crippen LogP contribution < -0.4 is 5.73 Å². The van der Waals surface area contributed by atoms with Crippen molar-refractivity contribution >= 4 is 5.82 Å². The molecule has 0 spiro atoms. The molecule has 0 atom stereocenters. The lowest BCUT2D eigenvalue weighted by molar-refractivity contribution is 1.08. The summed E-state index contributed by atoms with van der Waals surface area (Å²) in [6.07, 6.45) is 4.45. The molecule has 0 fully saturated rings. The van der Waals surface area contributed by atoms with Gasteiger partial charge in [0.2, 0.25) is 0 Å². The molecule has 51 heavy (non-hydrogen) atoms. The molecule has 0 bridgehead atoms. The molecule has 0 saturated carbocycles. The van der Waals surface area contributed by atoms with E-state index in [1.807, 2.05) is 109 Å². The van der Waals surface area contributed by atoms with E-state index < -0.39 is 0 Å². The first-order chi connectivity index (χ1) is 25.1. The second-order valence-electron chi connectivity index (χ2n) is 11.9. The van der Waals surface area contributed by atoms with Crippen molar-refractivity contribution in [2.24, 2.45) is 0 Å². The van der Waals surface area contributed by atoms with Crippen molar-refractivity contribution in [3.05, 3.63) is 211 Å². The zero-order valence-electron chi connectivity index (χ0n) is 28.5. The zero-order chi connectivity index (χ0) is 35.1. The summed E-state index contributed by atoms with van der Waals surface area (Å²) in [4.78, 5) is 17.8. The fourth-order valence-corrected chi connectivity index (χ4v) is 5.49. The summed E-state index contributed by atoms with van der Waals surface area (Å²) < 4.78 is 0. The maximum atomic E-state index is 5.58. The molecule has 0 aliphatic heterocycles. The molecule has 4 aromatic carbocycles. The van der Waals surface area contributed by atoms with Crippen molar-refractivity contribution in [2.45, 2.75) is 13.3 Å². The largest absolute Gasteiger partial charge is 0.384 e. The number of nitrogens with two attached hydrogens (primary N) is 1. The lowest BCUT2D eigenvalue weighted by atomic mass is 10.0. The fraction of sp³-hybridized carbons (Fsp3) is 0.0435. The van der Waals surface area contributed by atoms with Crippen molar-refractivity contribution in [3.63, 3.8) is 0 Å². The van der Waals surface area contributed by atoms with Crippen LogP contribution in [0.1, 0.15) is 16.8 Å². The van der Waals surface area contributed by atoms with E-state index in [2.05, 4.69) is 101 Å². The maximum Gasteiger partial charge on any atom is 0.124 e. The Morgan fingerprint density at radius 1 is 0.412 bits per heavy atom. The van der Waals surface area contributed by atoms with Crippen LogP contribution in [0.3, 0.4) is 0 Å². The van der Waals surface area contributed by atoms with Gasteiger partial charge in [-0.25, -0.2) is 4.98 Å². The van der Waals surface area contributed by atoms with Crippen molar-refractivity contribution in [1.29, 1.82) is 0 Å². The summed E-state index contributed by atoms with van der Waals surface area (Å²) in [5, 5.41) is 0. The minimum absolute atomic E-state index is 0.557. The Morgan fingerprint density at radius 3 is 1.47 bits per heavy atom. The second kappa shape index (κ2) is 17.6. The molecule has 0 aliphatic carbocycles. The van der Waals surface area contributed by atoms with Gasteiger partial charge in [0.1, 0.15) is 5.82 Å². The first kappa shape index (κ1) is 34.2. The third-order valence-corrected chi connectivity index (χ3v) is 7.97. The van der Waals surface area contributed by atoms with Crippen LogP contribution in [0.5, 0.6) is 0 Å². The van der Waals surface area contributed by atoms with Crippen LogP contribution in [0.25, 0.3) is 45.0 Å². The van der Waals surface area contributed by atoms with Gasteiger partial charge in [0.05, 0.1) is 22.8 Å². The van der Waals surface area contributed by atoms with Crippen molar-refractivity contribution in [1.82, 2.24) is 19.9 Å². The lowest BCUT2D eigenvalue weighted by Crippen LogP contribution is -1.94. The van der Waals surface area contributed by atoms with E-state index in [-0.39, 0.29) is 0 Å². The monoisotopic (exact) mass is 661 g/mol. The molecule has 0 radical (unpaired) electrons. The molecule has 5 heteroatoms. The van der Waals surface area contributed by atoms with Gasteiger partial charge < -0.3 is 5.73 Å². The third kappa shape index (κ3) is 10.1. The van der Waals surface area contributed by atoms with Gasteiger partial charge in [-0.05, 0) is 73.2 Å². The zero-order valence-corrected chi connectivity index (χ0v) is 28.5. The van der Waals surface area contributed by atoms with Gasteiger partial charge >= 0.3 is 0 Å². The predicted octanol–water partition coefficient (Wildman–Crippen LogP) is 10.8. The summed E-state index contributed by atoms with van der Waals surface area (Å²) in [7, 11) is 0. The summed E-state index contributed by atoms with van der Waals surface area (Å²) in [6.45, 7) is 2.09. The van der Waals surface area contributed by atoms with Gasteiger partial charge in [-0.1, -0.05) is 127 Å². The van der Waals surface area contributed by atoms with E-state index in [1.54, 1.807) is 6.07 Å². The van der Waals surface area contributed by atoms with E-state index in [1.165, 1.54) is 16.7 Å². The van der Waals surface area contributed by atoms with Gasteiger partial charge in [-0.15, -0.1) is 0 Å². The Labute approximate surface area is 300 Å². The minimum Gasteiger partial charge on any atom is -0.384 e. The number of nitrogens with zero attached hydrogens (tertiary/aromatic N) is 4. The molecule has 2 N–H and O–H groups in total. The van der Waals surface area contributed by atoms with Gasteiger partial charge in [-0.3, -0.25) is 15.0 Å². The molecule has 8 aromatic rings. The van der Waals surface area contributed by atoms with Crippen LogP contribution in [0.15, 0.2) is 194 Å². The number of rotatable bonds is 6. The van der Waals surface area contributed by atoms with Gasteiger partial charge in [0.15, 0.2) is 0 Å². The molecule has 0 saturated heterocycles. The average Bonchev–Trinajstić information content (AvgIpc) is 3.20. The SMILES string of the molecule is Cc1cccc(-c2ccccn2)c1.Nc1cccc(-c2ccccc2)n1.c1ccc(-c2cccc(Cc3cccc(-c4ccccn4)c3)n2)cc1. The summed E-state index contributed by atoms with van der Waals surface area (Å²) >= 11 is 0. The number of nitrogen functional groups attached to an aromatic ring is 1. The molecule has 4 aromatic heterocycles. The third-order valence-electron chi connectivity index (χ3n) is 7.97. The first-order valence-electron chi connectivity index (χ1n) is 16.9. The van der Waals surface area contributed by atoms with Gasteiger partial charge in [-0.2, -0.15) is 0 Å². The highest BCUT2D eigenvalue weighted by atomic mass is 14.8. The highest BCUT2D eigenvalue weighted by Crippen LogP contribution is 2.22. The Morgan fingerprint density at radius 2 is 0.902 bits per heavy atom. The topological polar surface area (TPSA) is 77.6 Å². The number of pyridine rings is 4. The van der Waals surface area contributed by atoms with E-state index in [9.17, 15) is 0 Å². The first-order valence-corrected chi connectivity index (χ1v) is 16.9. The van der Waals surface area contributed by atoms with Crippen molar-refractivity contribution in [2.75, 3.05) is 5.73 Å². The standard InChI is InChI=1S/C23H18N2.C12H11N.C11H10N2/c1-2-9-19(10-3-1)23-14-7-12-21(25-23)17-18-8-6-11-20(16-18)22-13-4-5-15-24-22;1-10-5-4-6-11(9-10)12-7-2-3-8-13-12;12-11-8-4-7-10(13-11)9-5-2-1-3-6-9/h1-16H,17H2;2-9H,1H3;1-8H,(H2,12,13). The average molecular weight is 662 g/mol. The molecular weight excluding hydrogens is 623 g/mol. The molecule has 0 aliphatic rings. The quantitative estimate of drug-likeness (QED) is 0.192. The molecule has 0 unspecified atom stereocenters. The number of hydrogen-bond donors (Lipinski definition) is 1. The van der Waals surface area contributed by atoms with E-state index in [4.69, 9.17) is 10.7 Å². The molecule has 0 amide bonds. The van der Waals surface area contributed by atoms with Crippen LogP contribution in [0, 0.1) is 6.92 Å². The number of hydrogen-bond acceptors (Lipinski definition) is 5.